The van der Waals surface area contributed by atoms with Gasteiger partial charge < -0.3 is 14.6 Å². The molecule has 110 valence electrons. The largest absolute Gasteiger partial charge is 0.496 e. The summed E-state index contributed by atoms with van der Waals surface area (Å²) >= 11 is 3.53. The van der Waals surface area contributed by atoms with E-state index in [2.05, 4.69) is 15.9 Å². The zero-order valence-electron chi connectivity index (χ0n) is 11.9. The number of carboxylic acid groups (broad SMARTS) is 1. The molecule has 0 saturated heterocycles. The topological polar surface area (TPSA) is 55.8 Å². The van der Waals surface area contributed by atoms with Crippen LogP contribution in [0.15, 0.2) is 10.5 Å². The van der Waals surface area contributed by atoms with Crippen LogP contribution in [-0.4, -0.2) is 25.3 Å². The van der Waals surface area contributed by atoms with Crippen LogP contribution in [0.25, 0.3) is 0 Å². The van der Waals surface area contributed by atoms with Crippen molar-refractivity contribution < 1.29 is 19.4 Å². The molecule has 0 amide bonds. The summed E-state index contributed by atoms with van der Waals surface area (Å²) in [6.45, 7) is 1.94. The molecule has 1 saturated carbocycles. The van der Waals surface area contributed by atoms with Crippen molar-refractivity contribution in [3.05, 3.63) is 21.7 Å². The maximum Gasteiger partial charge on any atom is 0.303 e. The van der Waals surface area contributed by atoms with E-state index < -0.39 is 5.97 Å². The molecule has 1 atom stereocenters. The van der Waals surface area contributed by atoms with Gasteiger partial charge in [0.05, 0.1) is 25.1 Å². The van der Waals surface area contributed by atoms with Gasteiger partial charge in [-0.1, -0.05) is 0 Å². The summed E-state index contributed by atoms with van der Waals surface area (Å²) in [5.41, 5.74) is 1.88. The first kappa shape index (κ1) is 15.2. The summed E-state index contributed by atoms with van der Waals surface area (Å²) in [6, 6.07) is 1.92. The summed E-state index contributed by atoms with van der Waals surface area (Å²) < 4.78 is 11.7. The second-order valence-corrected chi connectivity index (χ2v) is 5.98. The van der Waals surface area contributed by atoms with Crippen LogP contribution >= 0.6 is 15.9 Å². The summed E-state index contributed by atoms with van der Waals surface area (Å²) in [5.74, 6) is 1.11. The number of halogens is 1. The number of benzene rings is 1. The lowest BCUT2D eigenvalue weighted by Gasteiger charge is -2.21. The lowest BCUT2D eigenvalue weighted by Crippen LogP contribution is -2.11. The summed E-state index contributed by atoms with van der Waals surface area (Å²) in [4.78, 5) is 11.1. The van der Waals surface area contributed by atoms with Crippen LogP contribution in [0.5, 0.6) is 11.5 Å². The van der Waals surface area contributed by atoms with Crippen LogP contribution in [0.1, 0.15) is 36.3 Å². The van der Waals surface area contributed by atoms with Crippen molar-refractivity contribution in [2.75, 3.05) is 14.2 Å². The molecular formula is C15H19BrO4. The van der Waals surface area contributed by atoms with E-state index >= 15 is 0 Å². The third-order valence-electron chi connectivity index (χ3n) is 3.86. The van der Waals surface area contributed by atoms with Crippen molar-refractivity contribution in [1.82, 2.24) is 0 Å². The number of methoxy groups -OCH3 is 2. The minimum Gasteiger partial charge on any atom is -0.496 e. The lowest BCUT2D eigenvalue weighted by atomic mass is 9.89. The molecule has 1 N–H and O–H groups in total. The van der Waals surface area contributed by atoms with Gasteiger partial charge >= 0.3 is 5.97 Å². The quantitative estimate of drug-likeness (QED) is 0.855. The fourth-order valence-corrected chi connectivity index (χ4v) is 3.22. The van der Waals surface area contributed by atoms with E-state index in [9.17, 15) is 4.79 Å². The number of carboxylic acids is 1. The third-order valence-corrected chi connectivity index (χ3v) is 4.81. The fourth-order valence-electron chi connectivity index (χ4n) is 2.63. The van der Waals surface area contributed by atoms with Crippen molar-refractivity contribution in [1.29, 1.82) is 0 Å². The Bertz CT molecular complexity index is 523. The molecule has 0 spiro atoms. The minimum atomic E-state index is -0.778. The van der Waals surface area contributed by atoms with Crippen LogP contribution in [0.3, 0.4) is 0 Å². The molecular weight excluding hydrogens is 324 g/mol. The highest BCUT2D eigenvalue weighted by atomic mass is 79.9. The first-order chi connectivity index (χ1) is 9.49. The molecule has 0 aromatic heterocycles. The van der Waals surface area contributed by atoms with Gasteiger partial charge in [0.25, 0.3) is 0 Å². The van der Waals surface area contributed by atoms with Crippen molar-refractivity contribution in [3.8, 4) is 11.5 Å². The van der Waals surface area contributed by atoms with E-state index in [0.717, 1.165) is 39.9 Å². The number of ether oxygens (including phenoxy) is 2. The average molecular weight is 343 g/mol. The maximum atomic E-state index is 11.1. The summed E-state index contributed by atoms with van der Waals surface area (Å²) in [5, 5.41) is 9.15. The SMILES string of the molecule is COc1cc(C(CC(=O)O)C2CC2)c(OC)c(Br)c1C. The Hall–Kier alpha value is -1.23. The summed E-state index contributed by atoms with van der Waals surface area (Å²) in [7, 11) is 3.23. The third kappa shape index (κ3) is 2.92. The number of aliphatic carboxylic acids is 1. The van der Waals surface area contributed by atoms with Crippen molar-refractivity contribution in [2.24, 2.45) is 5.92 Å². The highest BCUT2D eigenvalue weighted by Gasteiger charge is 2.36. The van der Waals surface area contributed by atoms with E-state index in [1.807, 2.05) is 13.0 Å². The van der Waals surface area contributed by atoms with Gasteiger partial charge in [-0.25, -0.2) is 0 Å². The molecule has 0 radical (unpaired) electrons. The number of hydrogen-bond acceptors (Lipinski definition) is 3. The predicted octanol–water partition coefficient (Wildman–Crippen LogP) is 3.74. The molecule has 0 heterocycles. The number of hydrogen-bond donors (Lipinski definition) is 1. The van der Waals surface area contributed by atoms with Crippen molar-refractivity contribution in [3.63, 3.8) is 0 Å². The van der Waals surface area contributed by atoms with E-state index in [0.29, 0.717) is 5.92 Å². The molecule has 1 aromatic carbocycles. The molecule has 0 bridgehead atoms. The molecule has 1 fully saturated rings. The Labute approximate surface area is 127 Å². The van der Waals surface area contributed by atoms with Crippen molar-refractivity contribution >= 4 is 21.9 Å². The molecule has 5 heteroatoms. The van der Waals surface area contributed by atoms with Gasteiger partial charge in [-0.3, -0.25) is 4.79 Å². The number of carbonyl (C=O) groups is 1. The minimum absolute atomic E-state index is 0.0201. The molecule has 1 aromatic rings. The standard InChI is InChI=1S/C15H19BrO4/c1-8-12(19-2)6-11(15(20-3)14(8)16)10(7-13(17)18)9-4-5-9/h6,9-10H,4-5,7H2,1-3H3,(H,17,18). The molecule has 2 rings (SSSR count). The molecule has 1 unspecified atom stereocenters. The van der Waals surface area contributed by atoms with Gasteiger partial charge in [-0.2, -0.15) is 0 Å². The van der Waals surface area contributed by atoms with E-state index in [1.165, 1.54) is 0 Å². The highest BCUT2D eigenvalue weighted by Crippen LogP contribution is 2.50. The van der Waals surface area contributed by atoms with Gasteiger partial charge in [0.15, 0.2) is 0 Å². The Morgan fingerprint density at radius 1 is 1.45 bits per heavy atom. The Morgan fingerprint density at radius 2 is 2.10 bits per heavy atom. The monoisotopic (exact) mass is 342 g/mol. The van der Waals surface area contributed by atoms with Gasteiger partial charge in [-0.05, 0) is 47.7 Å². The van der Waals surface area contributed by atoms with Gasteiger partial charge in [0.2, 0.25) is 0 Å². The van der Waals surface area contributed by atoms with Crippen LogP contribution < -0.4 is 9.47 Å². The van der Waals surface area contributed by atoms with Crippen molar-refractivity contribution in [2.45, 2.75) is 32.1 Å². The highest BCUT2D eigenvalue weighted by molar-refractivity contribution is 9.10. The van der Waals surface area contributed by atoms with Crippen LogP contribution in [0.4, 0.5) is 0 Å². The van der Waals surface area contributed by atoms with Crippen LogP contribution in [0.2, 0.25) is 0 Å². The Balaban J connectivity index is 2.51. The second-order valence-electron chi connectivity index (χ2n) is 5.18. The summed E-state index contributed by atoms with van der Waals surface area (Å²) in [6.07, 6.45) is 2.28. The van der Waals surface area contributed by atoms with E-state index in [1.54, 1.807) is 14.2 Å². The van der Waals surface area contributed by atoms with Crippen LogP contribution in [0, 0.1) is 12.8 Å². The van der Waals surface area contributed by atoms with Gasteiger partial charge in [0.1, 0.15) is 11.5 Å². The first-order valence-corrected chi connectivity index (χ1v) is 7.41. The number of rotatable bonds is 6. The normalized spacial score (nSPS) is 15.8. The predicted molar refractivity (Wildman–Crippen MR) is 79.7 cm³/mol. The Kier molecular flexibility index (Phi) is 4.58. The average Bonchev–Trinajstić information content (AvgIpc) is 3.23. The molecule has 1 aliphatic carbocycles. The maximum absolute atomic E-state index is 11.1. The molecule has 20 heavy (non-hydrogen) atoms. The molecule has 4 nitrogen and oxygen atoms in total. The Morgan fingerprint density at radius 3 is 2.55 bits per heavy atom. The molecule has 0 aliphatic heterocycles. The van der Waals surface area contributed by atoms with E-state index in [4.69, 9.17) is 14.6 Å². The van der Waals surface area contributed by atoms with Gasteiger partial charge in [0, 0.05) is 17.0 Å². The first-order valence-electron chi connectivity index (χ1n) is 6.62. The zero-order valence-corrected chi connectivity index (χ0v) is 13.5. The fraction of sp³-hybridized carbons (Fsp3) is 0.533. The van der Waals surface area contributed by atoms with Gasteiger partial charge in [-0.15, -0.1) is 0 Å². The lowest BCUT2D eigenvalue weighted by molar-refractivity contribution is -0.137. The second kappa shape index (κ2) is 6.04. The zero-order chi connectivity index (χ0) is 14.9. The molecule has 1 aliphatic rings. The van der Waals surface area contributed by atoms with Crippen LogP contribution in [-0.2, 0) is 4.79 Å². The smallest absolute Gasteiger partial charge is 0.303 e. The van der Waals surface area contributed by atoms with E-state index in [-0.39, 0.29) is 12.3 Å².